The molecule has 1 aromatic rings. The Bertz CT molecular complexity index is 520. The minimum absolute atomic E-state index is 0.0826. The molecule has 1 aliphatic carbocycles. The van der Waals surface area contributed by atoms with Crippen LogP contribution in [-0.4, -0.2) is 24.5 Å². The molecule has 1 spiro atoms. The lowest BCUT2D eigenvalue weighted by Crippen LogP contribution is -2.38. The fourth-order valence-corrected chi connectivity index (χ4v) is 3.01. The van der Waals surface area contributed by atoms with E-state index in [0.717, 1.165) is 19.1 Å². The molecule has 1 amide bonds. The lowest BCUT2D eigenvalue weighted by molar-refractivity contribution is -0.113. The summed E-state index contributed by atoms with van der Waals surface area (Å²) in [4.78, 5) is 24.4. The van der Waals surface area contributed by atoms with Crippen LogP contribution in [0.15, 0.2) is 24.3 Å². The molecule has 0 N–H and O–H groups in total. The molecule has 1 saturated carbocycles. The van der Waals surface area contributed by atoms with Crippen molar-refractivity contribution < 1.29 is 18.7 Å². The predicted molar refractivity (Wildman–Crippen MR) is 71.0 cm³/mol. The Morgan fingerprint density at radius 3 is 2.50 bits per heavy atom. The molecular formula is C15H16FNO3. The first kappa shape index (κ1) is 13.1. The Labute approximate surface area is 116 Å². The van der Waals surface area contributed by atoms with Crippen LogP contribution < -0.4 is 4.90 Å². The molecule has 0 aromatic heterocycles. The molecule has 5 heteroatoms. The van der Waals surface area contributed by atoms with Gasteiger partial charge in [-0.15, -0.1) is 0 Å². The van der Waals surface area contributed by atoms with Crippen molar-refractivity contribution in [1.29, 1.82) is 0 Å². The standard InChI is InChI=1S/C15H16FNO3/c16-12-1-3-13(4-2-12)17-10-15(20-14(17)19)7-5-11(9-18)6-8-15/h1-4,9,11H,5-8,10H2/t11-,15+. The number of anilines is 1. The molecular weight excluding hydrogens is 261 g/mol. The van der Waals surface area contributed by atoms with Gasteiger partial charge in [-0.2, -0.15) is 0 Å². The summed E-state index contributed by atoms with van der Waals surface area (Å²) >= 11 is 0. The van der Waals surface area contributed by atoms with E-state index in [0.29, 0.717) is 25.1 Å². The van der Waals surface area contributed by atoms with E-state index in [4.69, 9.17) is 4.74 Å². The number of halogens is 1. The smallest absolute Gasteiger partial charge is 0.415 e. The molecule has 1 aromatic carbocycles. The van der Waals surface area contributed by atoms with E-state index in [1.165, 1.54) is 12.1 Å². The average Bonchev–Trinajstić information content (AvgIpc) is 2.77. The van der Waals surface area contributed by atoms with Crippen molar-refractivity contribution in [3.05, 3.63) is 30.1 Å². The number of hydrogen-bond donors (Lipinski definition) is 0. The SMILES string of the molecule is O=C[C@H]1CC[C@@]2(CC1)CN(c1ccc(F)cc1)C(=O)O2. The van der Waals surface area contributed by atoms with Crippen molar-refractivity contribution in [2.24, 2.45) is 5.92 Å². The predicted octanol–water partition coefficient (Wildman–Crippen LogP) is 2.91. The number of carbonyl (C=O) groups excluding carboxylic acids is 2. The third-order valence-electron chi connectivity index (χ3n) is 4.24. The summed E-state index contributed by atoms with van der Waals surface area (Å²) < 4.78 is 18.5. The summed E-state index contributed by atoms with van der Waals surface area (Å²) in [6.45, 7) is 0.475. The summed E-state index contributed by atoms with van der Waals surface area (Å²) in [6.07, 6.45) is 3.53. The molecule has 0 unspecified atom stereocenters. The summed E-state index contributed by atoms with van der Waals surface area (Å²) in [7, 11) is 0. The molecule has 1 heterocycles. The van der Waals surface area contributed by atoms with Crippen LogP contribution in [0.5, 0.6) is 0 Å². The molecule has 20 heavy (non-hydrogen) atoms. The van der Waals surface area contributed by atoms with E-state index < -0.39 is 5.60 Å². The van der Waals surface area contributed by atoms with Crippen LogP contribution in [0.1, 0.15) is 25.7 Å². The molecule has 0 radical (unpaired) electrons. The third-order valence-corrected chi connectivity index (χ3v) is 4.24. The van der Waals surface area contributed by atoms with E-state index in [1.54, 1.807) is 17.0 Å². The summed E-state index contributed by atoms with van der Waals surface area (Å²) in [5.74, 6) is -0.248. The van der Waals surface area contributed by atoms with Gasteiger partial charge < -0.3 is 9.53 Å². The zero-order valence-electron chi connectivity index (χ0n) is 11.0. The number of amides is 1. The van der Waals surface area contributed by atoms with Crippen LogP contribution in [0.2, 0.25) is 0 Å². The molecule has 4 nitrogen and oxygen atoms in total. The number of aldehydes is 1. The van der Waals surface area contributed by atoms with Crippen molar-refractivity contribution in [1.82, 2.24) is 0 Å². The van der Waals surface area contributed by atoms with Gasteiger partial charge in [0.15, 0.2) is 0 Å². The van der Waals surface area contributed by atoms with Gasteiger partial charge in [-0.25, -0.2) is 9.18 Å². The normalized spacial score (nSPS) is 29.6. The molecule has 3 rings (SSSR count). The molecule has 2 aliphatic rings. The van der Waals surface area contributed by atoms with Crippen LogP contribution >= 0.6 is 0 Å². The van der Waals surface area contributed by atoms with Crippen LogP contribution in [-0.2, 0) is 9.53 Å². The lowest BCUT2D eigenvalue weighted by atomic mass is 9.79. The number of benzene rings is 1. The van der Waals surface area contributed by atoms with Crippen molar-refractivity contribution in [2.75, 3.05) is 11.4 Å². The zero-order valence-corrected chi connectivity index (χ0v) is 11.0. The second kappa shape index (κ2) is 4.89. The Kier molecular flexibility index (Phi) is 3.20. The van der Waals surface area contributed by atoms with Gasteiger partial charge in [-0.3, -0.25) is 4.90 Å². The second-order valence-corrected chi connectivity index (χ2v) is 5.59. The quantitative estimate of drug-likeness (QED) is 0.781. The number of hydrogen-bond acceptors (Lipinski definition) is 3. The van der Waals surface area contributed by atoms with Gasteiger partial charge in [0.2, 0.25) is 0 Å². The topological polar surface area (TPSA) is 46.6 Å². The number of nitrogens with zero attached hydrogens (tertiary/aromatic N) is 1. The largest absolute Gasteiger partial charge is 0.441 e. The number of ether oxygens (including phenoxy) is 1. The highest BCUT2D eigenvalue weighted by Gasteiger charge is 2.47. The van der Waals surface area contributed by atoms with Gasteiger partial charge >= 0.3 is 6.09 Å². The van der Waals surface area contributed by atoms with Crippen molar-refractivity contribution in [2.45, 2.75) is 31.3 Å². The first-order chi connectivity index (χ1) is 9.62. The monoisotopic (exact) mass is 277 g/mol. The lowest BCUT2D eigenvalue weighted by Gasteiger charge is -2.33. The van der Waals surface area contributed by atoms with Gasteiger partial charge in [0.25, 0.3) is 0 Å². The minimum Gasteiger partial charge on any atom is -0.441 e. The summed E-state index contributed by atoms with van der Waals surface area (Å²) in [6, 6.07) is 5.81. The highest BCUT2D eigenvalue weighted by molar-refractivity contribution is 5.90. The Morgan fingerprint density at radius 2 is 1.90 bits per heavy atom. The van der Waals surface area contributed by atoms with Crippen molar-refractivity contribution in [3.63, 3.8) is 0 Å². The highest BCUT2D eigenvalue weighted by Crippen LogP contribution is 2.40. The van der Waals surface area contributed by atoms with Crippen LogP contribution in [0.3, 0.4) is 0 Å². The van der Waals surface area contributed by atoms with Crippen LogP contribution in [0, 0.1) is 11.7 Å². The Morgan fingerprint density at radius 1 is 1.25 bits per heavy atom. The van der Waals surface area contributed by atoms with Gasteiger partial charge in [0.05, 0.1) is 6.54 Å². The number of rotatable bonds is 2. The van der Waals surface area contributed by atoms with Gasteiger partial charge in [0, 0.05) is 11.6 Å². The van der Waals surface area contributed by atoms with E-state index in [9.17, 15) is 14.0 Å². The second-order valence-electron chi connectivity index (χ2n) is 5.59. The maximum Gasteiger partial charge on any atom is 0.415 e. The van der Waals surface area contributed by atoms with Crippen LogP contribution in [0.4, 0.5) is 14.9 Å². The summed E-state index contributed by atoms with van der Waals surface area (Å²) in [5, 5.41) is 0. The Balaban J connectivity index is 1.75. The van der Waals surface area contributed by atoms with Crippen molar-refractivity contribution in [3.8, 4) is 0 Å². The first-order valence-electron chi connectivity index (χ1n) is 6.83. The fourth-order valence-electron chi connectivity index (χ4n) is 3.01. The fraction of sp³-hybridized carbons (Fsp3) is 0.467. The van der Waals surface area contributed by atoms with E-state index in [2.05, 4.69) is 0 Å². The van der Waals surface area contributed by atoms with Gasteiger partial charge in [0.1, 0.15) is 17.7 Å². The number of carbonyl (C=O) groups is 2. The highest BCUT2D eigenvalue weighted by atomic mass is 19.1. The molecule has 0 atom stereocenters. The van der Waals surface area contributed by atoms with E-state index in [-0.39, 0.29) is 17.8 Å². The van der Waals surface area contributed by atoms with Crippen molar-refractivity contribution >= 4 is 18.1 Å². The van der Waals surface area contributed by atoms with Gasteiger partial charge in [-0.05, 0) is 49.9 Å². The molecule has 2 fully saturated rings. The molecule has 1 aliphatic heterocycles. The van der Waals surface area contributed by atoms with Crippen LogP contribution in [0.25, 0.3) is 0 Å². The maximum atomic E-state index is 12.9. The molecule has 1 saturated heterocycles. The maximum absolute atomic E-state index is 12.9. The first-order valence-corrected chi connectivity index (χ1v) is 6.83. The molecule has 0 bridgehead atoms. The van der Waals surface area contributed by atoms with Gasteiger partial charge in [-0.1, -0.05) is 0 Å². The minimum atomic E-state index is -0.481. The summed E-state index contributed by atoms with van der Waals surface area (Å²) in [5.41, 5.74) is 0.163. The molecule has 106 valence electrons. The Hall–Kier alpha value is -1.91. The zero-order chi connectivity index (χ0) is 14.2. The van der Waals surface area contributed by atoms with E-state index >= 15 is 0 Å². The third kappa shape index (κ3) is 2.28. The average molecular weight is 277 g/mol. The van der Waals surface area contributed by atoms with E-state index in [1.807, 2.05) is 0 Å².